The molecule has 0 amide bonds. The van der Waals surface area contributed by atoms with Crippen molar-refractivity contribution in [3.05, 3.63) is 46.0 Å². The van der Waals surface area contributed by atoms with Gasteiger partial charge in [0, 0.05) is 0 Å². The summed E-state index contributed by atoms with van der Waals surface area (Å²) < 4.78 is 1.57. The van der Waals surface area contributed by atoms with Gasteiger partial charge in [-0.2, -0.15) is 0 Å². The first kappa shape index (κ1) is 9.00. The Hall–Kier alpha value is -0.570. The Morgan fingerprint density at radius 1 is 0.846 bits per heavy atom. The number of hydrogen-bond acceptors (Lipinski definition) is 0. The Labute approximate surface area is 86.4 Å². The van der Waals surface area contributed by atoms with Gasteiger partial charge in [0.05, 0.1) is 0 Å². The van der Waals surface area contributed by atoms with Crippen LogP contribution in [0.4, 0.5) is 0 Å². The third-order valence-corrected chi connectivity index (χ3v) is 5.31. The van der Waals surface area contributed by atoms with Crippen LogP contribution in [0.1, 0.15) is 0 Å². The van der Waals surface area contributed by atoms with Crippen molar-refractivity contribution in [2.24, 2.45) is 0 Å². The molecule has 13 heavy (non-hydrogen) atoms. The van der Waals surface area contributed by atoms with Crippen LogP contribution >= 0.6 is 19.8 Å². The summed E-state index contributed by atoms with van der Waals surface area (Å²) in [6.45, 7) is 0. The van der Waals surface area contributed by atoms with Crippen LogP contribution in [-0.2, 0) is 0 Å². The van der Waals surface area contributed by atoms with Crippen LogP contribution in [0.15, 0.2) is 42.5 Å². The van der Waals surface area contributed by atoms with E-state index in [1.165, 1.54) is 10.8 Å². The Morgan fingerprint density at radius 3 is 2.23 bits per heavy atom. The molecule has 2 rings (SSSR count). The van der Waals surface area contributed by atoms with Crippen LogP contribution in [0, 0.1) is 3.57 Å². The van der Waals surface area contributed by atoms with Gasteiger partial charge in [0.15, 0.2) is 0 Å². The Morgan fingerprint density at radius 2 is 1.54 bits per heavy atom. The average Bonchev–Trinajstić information content (AvgIpc) is 2.17. The molecule has 0 heterocycles. The van der Waals surface area contributed by atoms with E-state index in [2.05, 4.69) is 52.3 Å². The molecule has 0 N–H and O–H groups in total. The molecule has 1 heteroatoms. The Bertz CT molecular complexity index is 418. The molecule has 0 saturated heterocycles. The fourth-order valence-corrected chi connectivity index (χ4v) is 3.25. The second-order valence-electron chi connectivity index (χ2n) is 3.25. The topological polar surface area (TPSA) is 0 Å². The van der Waals surface area contributed by atoms with E-state index in [1.807, 2.05) is 0 Å². The van der Waals surface area contributed by atoms with Crippen molar-refractivity contribution >= 4 is 30.6 Å². The van der Waals surface area contributed by atoms with Gasteiger partial charge in [-0.15, -0.1) is 0 Å². The SMILES string of the molecule is CI(C)c1ccc2ccccc2c1. The van der Waals surface area contributed by atoms with Crippen LogP contribution < -0.4 is 0 Å². The number of benzene rings is 2. The summed E-state index contributed by atoms with van der Waals surface area (Å²) in [4.78, 5) is 4.77. The fraction of sp³-hybridized carbons (Fsp3) is 0.167. The van der Waals surface area contributed by atoms with Crippen molar-refractivity contribution in [1.82, 2.24) is 0 Å². The fourth-order valence-electron chi connectivity index (χ4n) is 1.40. The number of fused-ring (bicyclic) bond motifs is 1. The molecule has 0 bridgehead atoms. The van der Waals surface area contributed by atoms with Gasteiger partial charge in [0.2, 0.25) is 0 Å². The van der Waals surface area contributed by atoms with E-state index in [0.717, 1.165) is 0 Å². The second-order valence-corrected chi connectivity index (χ2v) is 8.81. The van der Waals surface area contributed by atoms with E-state index in [4.69, 9.17) is 0 Å². The van der Waals surface area contributed by atoms with Crippen LogP contribution in [0.25, 0.3) is 10.8 Å². The zero-order chi connectivity index (χ0) is 9.26. The third-order valence-electron chi connectivity index (χ3n) is 2.15. The van der Waals surface area contributed by atoms with Crippen LogP contribution in [0.2, 0.25) is 0 Å². The predicted molar refractivity (Wildman–Crippen MR) is 68.5 cm³/mol. The van der Waals surface area contributed by atoms with Gasteiger partial charge >= 0.3 is 86.5 Å². The van der Waals surface area contributed by atoms with Crippen molar-refractivity contribution in [3.63, 3.8) is 0 Å². The molecular formula is C12H13I. The van der Waals surface area contributed by atoms with Gasteiger partial charge in [0.1, 0.15) is 0 Å². The van der Waals surface area contributed by atoms with E-state index in [1.54, 1.807) is 3.57 Å². The molecule has 0 unspecified atom stereocenters. The number of halogens is 1. The first-order valence-corrected chi connectivity index (χ1v) is 9.65. The van der Waals surface area contributed by atoms with Crippen LogP contribution in [0.5, 0.6) is 0 Å². The zero-order valence-corrected chi connectivity index (χ0v) is 10.1. The summed E-state index contributed by atoms with van der Waals surface area (Å²) in [5.74, 6) is 0. The maximum absolute atomic E-state index is 2.38. The molecule has 0 aliphatic carbocycles. The van der Waals surface area contributed by atoms with Crippen molar-refractivity contribution in [2.45, 2.75) is 0 Å². The molecule has 2 aromatic rings. The Kier molecular flexibility index (Phi) is 2.54. The normalized spacial score (nSPS) is 11.7. The first-order valence-electron chi connectivity index (χ1n) is 4.26. The predicted octanol–water partition coefficient (Wildman–Crippen LogP) is 3.78. The molecule has 0 aliphatic rings. The summed E-state index contributed by atoms with van der Waals surface area (Å²) in [5, 5.41) is 2.73. The molecule has 0 aliphatic heterocycles. The quantitative estimate of drug-likeness (QED) is 0.552. The molecular weight excluding hydrogens is 271 g/mol. The van der Waals surface area contributed by atoms with Crippen molar-refractivity contribution < 1.29 is 0 Å². The molecule has 0 saturated carbocycles. The van der Waals surface area contributed by atoms with E-state index < -0.39 is 19.8 Å². The monoisotopic (exact) mass is 284 g/mol. The van der Waals surface area contributed by atoms with Gasteiger partial charge in [-0.1, -0.05) is 0 Å². The van der Waals surface area contributed by atoms with Gasteiger partial charge in [-0.05, 0) is 0 Å². The van der Waals surface area contributed by atoms with E-state index in [9.17, 15) is 0 Å². The minimum atomic E-state index is -0.797. The van der Waals surface area contributed by atoms with Crippen molar-refractivity contribution in [1.29, 1.82) is 0 Å². The molecule has 0 nitrogen and oxygen atoms in total. The summed E-state index contributed by atoms with van der Waals surface area (Å²) in [5.41, 5.74) is 0. The van der Waals surface area contributed by atoms with Gasteiger partial charge in [-0.25, -0.2) is 0 Å². The van der Waals surface area contributed by atoms with Gasteiger partial charge < -0.3 is 0 Å². The summed E-state index contributed by atoms with van der Waals surface area (Å²) in [6.07, 6.45) is 0. The number of hydrogen-bond donors (Lipinski definition) is 0. The maximum atomic E-state index is 2.38. The summed E-state index contributed by atoms with van der Waals surface area (Å²) in [7, 11) is 0. The van der Waals surface area contributed by atoms with Crippen LogP contribution in [-0.4, -0.2) is 9.86 Å². The van der Waals surface area contributed by atoms with Crippen molar-refractivity contribution in [2.75, 3.05) is 9.86 Å². The molecule has 0 spiro atoms. The zero-order valence-electron chi connectivity index (χ0n) is 7.92. The molecule has 0 aromatic heterocycles. The number of rotatable bonds is 1. The molecule has 68 valence electrons. The van der Waals surface area contributed by atoms with Gasteiger partial charge in [-0.3, -0.25) is 0 Å². The standard InChI is InChI=1S/C12H13I/c1-13(2)12-8-7-10-5-3-4-6-11(10)9-12/h3-9H,1-2H3. The average molecular weight is 284 g/mol. The van der Waals surface area contributed by atoms with Gasteiger partial charge in [0.25, 0.3) is 0 Å². The number of alkyl halides is 2. The minimum absolute atomic E-state index is 0.797. The summed E-state index contributed by atoms with van der Waals surface area (Å²) >= 11 is -0.797. The van der Waals surface area contributed by atoms with E-state index in [-0.39, 0.29) is 0 Å². The summed E-state index contributed by atoms with van der Waals surface area (Å²) in [6, 6.07) is 15.4. The van der Waals surface area contributed by atoms with E-state index in [0.29, 0.717) is 0 Å². The Balaban J connectivity index is 2.62. The van der Waals surface area contributed by atoms with Crippen LogP contribution in [0.3, 0.4) is 0 Å². The first-order chi connectivity index (χ1) is 6.27. The third kappa shape index (κ3) is 1.85. The van der Waals surface area contributed by atoms with E-state index >= 15 is 0 Å². The second kappa shape index (κ2) is 3.66. The molecule has 0 radical (unpaired) electrons. The molecule has 2 aromatic carbocycles. The molecule has 0 fully saturated rings. The molecule has 0 atom stereocenters. The van der Waals surface area contributed by atoms with Crippen molar-refractivity contribution in [3.8, 4) is 0 Å².